The molecule has 1 unspecified atom stereocenters. The molecule has 0 spiro atoms. The van der Waals surface area contributed by atoms with Gasteiger partial charge >= 0.3 is 0 Å². The molecule has 30 heavy (non-hydrogen) atoms. The van der Waals surface area contributed by atoms with Gasteiger partial charge in [-0.25, -0.2) is 8.42 Å². The Labute approximate surface area is 183 Å². The minimum atomic E-state index is -3.52. The smallest absolute Gasteiger partial charge is 0.243 e. The minimum Gasteiger partial charge on any atom is -0.348 e. The summed E-state index contributed by atoms with van der Waals surface area (Å²) in [5, 5.41) is 5.01. The van der Waals surface area contributed by atoms with E-state index in [9.17, 15) is 13.2 Å². The third-order valence-corrected chi connectivity index (χ3v) is 8.37. The fourth-order valence-corrected chi connectivity index (χ4v) is 5.66. The highest BCUT2D eigenvalue weighted by molar-refractivity contribution is 7.89. The second-order valence-corrected chi connectivity index (χ2v) is 11.7. The zero-order valence-electron chi connectivity index (χ0n) is 18.1. The quantitative estimate of drug-likeness (QED) is 0.735. The first kappa shape index (κ1) is 22.9. The van der Waals surface area contributed by atoms with E-state index in [1.165, 1.54) is 4.31 Å². The molecule has 1 amide bonds. The maximum absolute atomic E-state index is 13.0. The number of rotatable bonds is 6. The Kier molecular flexibility index (Phi) is 7.02. The van der Waals surface area contributed by atoms with Crippen molar-refractivity contribution in [2.75, 3.05) is 32.7 Å². The molecule has 1 aliphatic rings. The third-order valence-electron chi connectivity index (χ3n) is 5.40. The van der Waals surface area contributed by atoms with Crippen molar-refractivity contribution in [2.45, 2.75) is 44.0 Å². The van der Waals surface area contributed by atoms with Crippen LogP contribution < -0.4 is 5.32 Å². The standard InChI is InChI=1S/C22H31N3O3S2/c1-17(20-6-5-15-29-20)23-21(26)16-24-11-13-25(14-12-24)30(27,28)19-9-7-18(8-10-19)22(2,3)4/h5-10,15,17H,11-14,16H2,1-4H3,(H,23,26). The van der Waals surface area contributed by atoms with Gasteiger partial charge in [0.25, 0.3) is 0 Å². The predicted molar refractivity (Wildman–Crippen MR) is 121 cm³/mol. The Morgan fingerprint density at radius 3 is 2.27 bits per heavy atom. The highest BCUT2D eigenvalue weighted by atomic mass is 32.2. The van der Waals surface area contributed by atoms with Gasteiger partial charge < -0.3 is 5.32 Å². The summed E-state index contributed by atoms with van der Waals surface area (Å²) in [6.07, 6.45) is 0. The number of carbonyl (C=O) groups excluding carboxylic acids is 1. The molecule has 0 radical (unpaired) electrons. The Morgan fingerprint density at radius 2 is 1.73 bits per heavy atom. The van der Waals surface area contributed by atoms with Gasteiger partial charge in [0.05, 0.1) is 17.5 Å². The van der Waals surface area contributed by atoms with Crippen molar-refractivity contribution in [3.63, 3.8) is 0 Å². The van der Waals surface area contributed by atoms with Gasteiger partial charge in [-0.1, -0.05) is 39.0 Å². The van der Waals surface area contributed by atoms with Gasteiger partial charge in [-0.15, -0.1) is 11.3 Å². The molecule has 0 bridgehead atoms. The molecule has 8 heteroatoms. The summed E-state index contributed by atoms with van der Waals surface area (Å²) in [5.74, 6) is -0.0371. The molecule has 3 rings (SSSR count). The predicted octanol–water partition coefficient (Wildman–Crippen LogP) is 3.23. The summed E-state index contributed by atoms with van der Waals surface area (Å²) >= 11 is 1.62. The van der Waals surface area contributed by atoms with E-state index in [0.717, 1.165) is 10.4 Å². The van der Waals surface area contributed by atoms with Gasteiger partial charge in [-0.2, -0.15) is 4.31 Å². The number of thiophene rings is 1. The second kappa shape index (κ2) is 9.18. The van der Waals surface area contributed by atoms with Crippen molar-refractivity contribution in [1.29, 1.82) is 0 Å². The first-order valence-corrected chi connectivity index (χ1v) is 12.5. The molecule has 1 aromatic heterocycles. The molecule has 0 aliphatic carbocycles. The van der Waals surface area contributed by atoms with Gasteiger partial charge in [0, 0.05) is 31.1 Å². The summed E-state index contributed by atoms with van der Waals surface area (Å²) in [6.45, 7) is 10.4. The summed E-state index contributed by atoms with van der Waals surface area (Å²) < 4.78 is 27.5. The topological polar surface area (TPSA) is 69.7 Å². The number of nitrogens with one attached hydrogen (secondary N) is 1. The zero-order valence-corrected chi connectivity index (χ0v) is 19.7. The van der Waals surface area contributed by atoms with Crippen LogP contribution in [0.1, 0.15) is 44.2 Å². The van der Waals surface area contributed by atoms with Gasteiger partial charge in [0.2, 0.25) is 15.9 Å². The average Bonchev–Trinajstić information content (AvgIpc) is 3.23. The molecular formula is C22H31N3O3S2. The molecule has 0 saturated carbocycles. The summed E-state index contributed by atoms with van der Waals surface area (Å²) in [4.78, 5) is 15.8. The number of carbonyl (C=O) groups is 1. The molecular weight excluding hydrogens is 418 g/mol. The van der Waals surface area contributed by atoms with Gasteiger partial charge in [-0.05, 0) is 41.5 Å². The van der Waals surface area contributed by atoms with E-state index in [-0.39, 0.29) is 23.9 Å². The Bertz CT molecular complexity index is 941. The minimum absolute atomic E-state index is 0.0183. The Morgan fingerprint density at radius 1 is 1.10 bits per heavy atom. The van der Waals surface area contributed by atoms with Crippen LogP contribution in [0.2, 0.25) is 0 Å². The summed E-state index contributed by atoms with van der Waals surface area (Å²) in [5.41, 5.74) is 1.09. The number of benzene rings is 1. The first-order chi connectivity index (χ1) is 14.1. The molecule has 1 aliphatic heterocycles. The van der Waals surface area contributed by atoms with Crippen LogP contribution in [0.5, 0.6) is 0 Å². The van der Waals surface area contributed by atoms with Gasteiger partial charge in [0.1, 0.15) is 0 Å². The van der Waals surface area contributed by atoms with Crippen LogP contribution in [0.15, 0.2) is 46.7 Å². The van der Waals surface area contributed by atoms with Crippen LogP contribution in [0.4, 0.5) is 0 Å². The van der Waals surface area contributed by atoms with Crippen molar-refractivity contribution in [3.05, 3.63) is 52.2 Å². The van der Waals surface area contributed by atoms with Crippen LogP contribution in [0.3, 0.4) is 0 Å². The number of sulfonamides is 1. The monoisotopic (exact) mass is 449 g/mol. The van der Waals surface area contributed by atoms with Crippen LogP contribution >= 0.6 is 11.3 Å². The van der Waals surface area contributed by atoms with E-state index in [4.69, 9.17) is 0 Å². The van der Waals surface area contributed by atoms with Crippen LogP contribution in [0, 0.1) is 0 Å². The fourth-order valence-electron chi connectivity index (χ4n) is 3.50. The number of hydrogen-bond acceptors (Lipinski definition) is 5. The zero-order chi connectivity index (χ0) is 21.9. The Balaban J connectivity index is 1.53. The highest BCUT2D eigenvalue weighted by Crippen LogP contribution is 2.25. The SMILES string of the molecule is CC(NC(=O)CN1CCN(S(=O)(=O)c2ccc(C(C)(C)C)cc2)CC1)c1cccs1. The highest BCUT2D eigenvalue weighted by Gasteiger charge is 2.29. The van der Waals surface area contributed by atoms with Crippen molar-refractivity contribution >= 4 is 27.3 Å². The maximum atomic E-state index is 13.0. The molecule has 1 fully saturated rings. The molecule has 1 N–H and O–H groups in total. The van der Waals surface area contributed by atoms with Crippen molar-refractivity contribution in [3.8, 4) is 0 Å². The van der Waals surface area contributed by atoms with E-state index in [2.05, 4.69) is 26.1 Å². The number of amides is 1. The summed E-state index contributed by atoms with van der Waals surface area (Å²) in [7, 11) is -3.52. The molecule has 164 valence electrons. The molecule has 1 aromatic carbocycles. The van der Waals surface area contributed by atoms with Crippen LogP contribution in [0.25, 0.3) is 0 Å². The van der Waals surface area contributed by atoms with Gasteiger partial charge in [0.15, 0.2) is 0 Å². The van der Waals surface area contributed by atoms with Crippen molar-refractivity contribution in [2.24, 2.45) is 0 Å². The van der Waals surface area contributed by atoms with Gasteiger partial charge in [-0.3, -0.25) is 9.69 Å². The molecule has 1 saturated heterocycles. The molecule has 2 aromatic rings. The van der Waals surface area contributed by atoms with Crippen LogP contribution in [-0.2, 0) is 20.2 Å². The Hall–Kier alpha value is -1.74. The normalized spacial score (nSPS) is 17.6. The maximum Gasteiger partial charge on any atom is 0.243 e. The van der Waals surface area contributed by atoms with Crippen LogP contribution in [-0.4, -0.2) is 56.3 Å². The van der Waals surface area contributed by atoms with E-state index >= 15 is 0 Å². The molecule has 1 atom stereocenters. The van der Waals surface area contributed by atoms with E-state index < -0.39 is 10.0 Å². The largest absolute Gasteiger partial charge is 0.348 e. The lowest BCUT2D eigenvalue weighted by Crippen LogP contribution is -2.51. The lowest BCUT2D eigenvalue weighted by Gasteiger charge is -2.33. The number of nitrogens with zero attached hydrogens (tertiary/aromatic N) is 2. The summed E-state index contributed by atoms with van der Waals surface area (Å²) in [6, 6.07) is 11.1. The number of piperazine rings is 1. The molecule has 2 heterocycles. The third kappa shape index (κ3) is 5.49. The van der Waals surface area contributed by atoms with Crippen molar-refractivity contribution < 1.29 is 13.2 Å². The lowest BCUT2D eigenvalue weighted by molar-refractivity contribution is -0.123. The second-order valence-electron chi connectivity index (χ2n) is 8.76. The number of hydrogen-bond donors (Lipinski definition) is 1. The van der Waals surface area contributed by atoms with E-state index in [0.29, 0.717) is 31.1 Å². The lowest BCUT2D eigenvalue weighted by atomic mass is 9.87. The van der Waals surface area contributed by atoms with E-state index in [1.807, 2.05) is 41.5 Å². The fraction of sp³-hybridized carbons (Fsp3) is 0.500. The first-order valence-electron chi connectivity index (χ1n) is 10.2. The van der Waals surface area contributed by atoms with Crippen molar-refractivity contribution in [1.82, 2.24) is 14.5 Å². The average molecular weight is 450 g/mol. The molecule has 6 nitrogen and oxygen atoms in total. The van der Waals surface area contributed by atoms with E-state index in [1.54, 1.807) is 23.5 Å².